The monoisotopic (exact) mass is 370 g/mol. The molecule has 136 valence electrons. The molecule has 2 aromatic heterocycles. The first kappa shape index (κ1) is 17.5. The SMILES string of the molecule is O=C(N/N=C\c1cccnc1)c1cc(-c2ccc(F)cc2)nc2ccccc12. The standard InChI is InChI=1S/C22H15FN4O/c23-17-9-7-16(8-10-17)21-12-19(18-5-1-2-6-20(18)26-21)22(28)27-25-14-15-4-3-11-24-13-15/h1-14H,(H,27,28)/b25-14-. The molecule has 2 aromatic carbocycles. The first-order chi connectivity index (χ1) is 13.7. The molecule has 0 bridgehead atoms. The van der Waals surface area contributed by atoms with Crippen molar-refractivity contribution in [2.45, 2.75) is 0 Å². The van der Waals surface area contributed by atoms with Crippen LogP contribution in [0.25, 0.3) is 22.2 Å². The number of amides is 1. The number of aromatic nitrogens is 2. The van der Waals surface area contributed by atoms with Gasteiger partial charge in [0.05, 0.1) is 23.0 Å². The highest BCUT2D eigenvalue weighted by molar-refractivity contribution is 6.07. The van der Waals surface area contributed by atoms with Crippen LogP contribution < -0.4 is 5.43 Å². The number of pyridine rings is 2. The number of carbonyl (C=O) groups is 1. The van der Waals surface area contributed by atoms with Crippen molar-refractivity contribution in [3.63, 3.8) is 0 Å². The first-order valence-corrected chi connectivity index (χ1v) is 8.60. The zero-order valence-electron chi connectivity index (χ0n) is 14.7. The van der Waals surface area contributed by atoms with Crippen molar-refractivity contribution in [3.8, 4) is 11.3 Å². The van der Waals surface area contributed by atoms with Crippen molar-refractivity contribution < 1.29 is 9.18 Å². The van der Waals surface area contributed by atoms with E-state index >= 15 is 0 Å². The molecule has 0 fully saturated rings. The van der Waals surface area contributed by atoms with Gasteiger partial charge in [0.1, 0.15) is 5.82 Å². The molecule has 28 heavy (non-hydrogen) atoms. The van der Waals surface area contributed by atoms with E-state index in [0.717, 1.165) is 11.1 Å². The molecular weight excluding hydrogens is 355 g/mol. The number of hydrazone groups is 1. The minimum atomic E-state index is -0.359. The topological polar surface area (TPSA) is 67.2 Å². The number of fused-ring (bicyclic) bond motifs is 1. The van der Waals surface area contributed by atoms with E-state index in [4.69, 9.17) is 0 Å². The molecule has 1 amide bonds. The number of para-hydroxylation sites is 1. The molecule has 4 rings (SSSR count). The van der Waals surface area contributed by atoms with Gasteiger partial charge in [0, 0.05) is 28.9 Å². The zero-order valence-corrected chi connectivity index (χ0v) is 14.7. The van der Waals surface area contributed by atoms with Crippen LogP contribution in [-0.4, -0.2) is 22.1 Å². The van der Waals surface area contributed by atoms with E-state index in [2.05, 4.69) is 20.5 Å². The number of halogens is 1. The van der Waals surface area contributed by atoms with Crippen molar-refractivity contribution >= 4 is 23.0 Å². The Hall–Kier alpha value is -3.93. The maximum Gasteiger partial charge on any atom is 0.272 e. The summed E-state index contributed by atoms with van der Waals surface area (Å²) in [6, 6.07) is 18.7. The Bertz CT molecular complexity index is 1160. The largest absolute Gasteiger partial charge is 0.272 e. The quantitative estimate of drug-likeness (QED) is 0.432. The van der Waals surface area contributed by atoms with Gasteiger partial charge in [0.15, 0.2) is 0 Å². The van der Waals surface area contributed by atoms with E-state index < -0.39 is 0 Å². The van der Waals surface area contributed by atoms with Crippen LogP contribution in [0.3, 0.4) is 0 Å². The molecule has 0 radical (unpaired) electrons. The van der Waals surface area contributed by atoms with Crippen LogP contribution in [0.1, 0.15) is 15.9 Å². The van der Waals surface area contributed by atoms with Crippen molar-refractivity contribution in [1.29, 1.82) is 0 Å². The average molecular weight is 370 g/mol. The number of carbonyl (C=O) groups excluding carboxylic acids is 1. The minimum absolute atomic E-state index is 0.327. The number of rotatable bonds is 4. The lowest BCUT2D eigenvalue weighted by Crippen LogP contribution is -2.18. The predicted octanol–water partition coefficient (Wildman–Crippen LogP) is 4.20. The Morgan fingerprint density at radius 3 is 2.64 bits per heavy atom. The number of nitrogens with one attached hydrogen (secondary N) is 1. The van der Waals surface area contributed by atoms with E-state index in [9.17, 15) is 9.18 Å². The molecule has 0 unspecified atom stereocenters. The fraction of sp³-hybridized carbons (Fsp3) is 0. The molecule has 0 spiro atoms. The predicted molar refractivity (Wildman–Crippen MR) is 106 cm³/mol. The number of benzene rings is 2. The van der Waals surface area contributed by atoms with Gasteiger partial charge in [-0.3, -0.25) is 9.78 Å². The molecular formula is C22H15FN4O. The molecule has 6 heteroatoms. The van der Waals surface area contributed by atoms with E-state index in [1.165, 1.54) is 18.3 Å². The van der Waals surface area contributed by atoms with Crippen LogP contribution in [0.4, 0.5) is 4.39 Å². The van der Waals surface area contributed by atoms with Gasteiger partial charge in [-0.2, -0.15) is 5.10 Å². The van der Waals surface area contributed by atoms with E-state index in [0.29, 0.717) is 22.2 Å². The average Bonchev–Trinajstić information content (AvgIpc) is 2.74. The van der Waals surface area contributed by atoms with Crippen molar-refractivity contribution in [2.75, 3.05) is 0 Å². The maximum atomic E-state index is 13.2. The lowest BCUT2D eigenvalue weighted by atomic mass is 10.0. The van der Waals surface area contributed by atoms with Crippen LogP contribution in [-0.2, 0) is 0 Å². The van der Waals surface area contributed by atoms with Crippen LogP contribution >= 0.6 is 0 Å². The second-order valence-electron chi connectivity index (χ2n) is 6.06. The molecule has 0 aliphatic rings. The zero-order chi connectivity index (χ0) is 19.3. The summed E-state index contributed by atoms with van der Waals surface area (Å²) in [7, 11) is 0. The fourth-order valence-corrected chi connectivity index (χ4v) is 2.81. The van der Waals surface area contributed by atoms with E-state index in [1.807, 2.05) is 30.3 Å². The Morgan fingerprint density at radius 2 is 1.86 bits per heavy atom. The number of nitrogens with zero attached hydrogens (tertiary/aromatic N) is 3. The van der Waals surface area contributed by atoms with Crippen LogP contribution in [0.5, 0.6) is 0 Å². The van der Waals surface area contributed by atoms with Crippen molar-refractivity contribution in [1.82, 2.24) is 15.4 Å². The van der Waals surface area contributed by atoms with Gasteiger partial charge in [0.25, 0.3) is 5.91 Å². The summed E-state index contributed by atoms with van der Waals surface area (Å²) in [5.74, 6) is -0.686. The van der Waals surface area contributed by atoms with Crippen LogP contribution in [0.15, 0.2) is 84.2 Å². The summed E-state index contributed by atoms with van der Waals surface area (Å²) < 4.78 is 13.2. The third-order valence-electron chi connectivity index (χ3n) is 4.16. The van der Waals surface area contributed by atoms with E-state index in [1.54, 1.807) is 36.7 Å². The Balaban J connectivity index is 1.69. The highest BCUT2D eigenvalue weighted by Crippen LogP contribution is 2.25. The molecule has 0 atom stereocenters. The van der Waals surface area contributed by atoms with Gasteiger partial charge in [-0.05, 0) is 42.5 Å². The first-order valence-electron chi connectivity index (χ1n) is 8.60. The van der Waals surface area contributed by atoms with Gasteiger partial charge < -0.3 is 0 Å². The van der Waals surface area contributed by atoms with Gasteiger partial charge in [0.2, 0.25) is 0 Å². The third-order valence-corrected chi connectivity index (χ3v) is 4.16. The summed E-state index contributed by atoms with van der Waals surface area (Å²) in [5.41, 5.74) is 5.73. The molecule has 0 saturated heterocycles. The summed E-state index contributed by atoms with van der Waals surface area (Å²) in [4.78, 5) is 21.3. The van der Waals surface area contributed by atoms with E-state index in [-0.39, 0.29) is 11.7 Å². The number of hydrogen-bond acceptors (Lipinski definition) is 4. The third kappa shape index (κ3) is 3.76. The van der Waals surface area contributed by atoms with Gasteiger partial charge >= 0.3 is 0 Å². The molecule has 2 heterocycles. The summed E-state index contributed by atoms with van der Waals surface area (Å²) in [6.45, 7) is 0. The lowest BCUT2D eigenvalue weighted by Gasteiger charge is -2.09. The molecule has 1 N–H and O–H groups in total. The second-order valence-corrected chi connectivity index (χ2v) is 6.06. The fourth-order valence-electron chi connectivity index (χ4n) is 2.81. The second kappa shape index (κ2) is 7.75. The molecule has 4 aromatic rings. The molecule has 0 aliphatic heterocycles. The summed E-state index contributed by atoms with van der Waals surface area (Å²) in [5, 5.41) is 4.71. The van der Waals surface area contributed by atoms with Gasteiger partial charge in [-0.1, -0.05) is 24.3 Å². The maximum absolute atomic E-state index is 13.2. The Morgan fingerprint density at radius 1 is 1.04 bits per heavy atom. The highest BCUT2D eigenvalue weighted by atomic mass is 19.1. The van der Waals surface area contributed by atoms with Gasteiger partial charge in [-0.15, -0.1) is 0 Å². The van der Waals surface area contributed by atoms with Crippen LogP contribution in [0.2, 0.25) is 0 Å². The smallest absolute Gasteiger partial charge is 0.267 e. The molecule has 0 aliphatic carbocycles. The molecule has 0 saturated carbocycles. The van der Waals surface area contributed by atoms with Crippen LogP contribution in [0, 0.1) is 5.82 Å². The Kier molecular flexibility index (Phi) is 4.84. The lowest BCUT2D eigenvalue weighted by molar-refractivity contribution is 0.0956. The summed E-state index contributed by atoms with van der Waals surface area (Å²) in [6.07, 6.45) is 4.83. The van der Waals surface area contributed by atoms with Gasteiger partial charge in [-0.25, -0.2) is 14.8 Å². The normalized spacial score (nSPS) is 11.0. The summed E-state index contributed by atoms with van der Waals surface area (Å²) >= 11 is 0. The molecule has 5 nitrogen and oxygen atoms in total. The number of hydrogen-bond donors (Lipinski definition) is 1. The minimum Gasteiger partial charge on any atom is -0.267 e. The highest BCUT2D eigenvalue weighted by Gasteiger charge is 2.13. The van der Waals surface area contributed by atoms with Crippen molar-refractivity contribution in [3.05, 3.63) is 96.1 Å². The van der Waals surface area contributed by atoms with Crippen molar-refractivity contribution in [2.24, 2.45) is 5.10 Å². The Labute approximate surface area is 160 Å².